The van der Waals surface area contributed by atoms with Crippen LogP contribution in [-0.4, -0.2) is 15.7 Å². The monoisotopic (exact) mass is 311 g/mol. The maximum absolute atomic E-state index is 12.9. The van der Waals surface area contributed by atoms with Crippen LogP contribution in [0.5, 0.6) is 0 Å². The smallest absolute Gasteiger partial charge is 0.258 e. The van der Waals surface area contributed by atoms with E-state index in [0.29, 0.717) is 15.9 Å². The number of nitrogens with zero attached hydrogens (tertiary/aromatic N) is 2. The number of carbonyl (C=O) groups excluding carboxylic acids is 1. The van der Waals surface area contributed by atoms with Crippen molar-refractivity contribution >= 4 is 27.7 Å². The largest absolute Gasteiger partial charge is 0.305 e. The van der Waals surface area contributed by atoms with Crippen molar-refractivity contribution in [1.29, 1.82) is 0 Å². The molecule has 6 heteroatoms. The molecule has 1 amide bonds. The third kappa shape index (κ3) is 2.76. The fourth-order valence-electron chi connectivity index (χ4n) is 1.46. The predicted molar refractivity (Wildman–Crippen MR) is 70.0 cm³/mol. The van der Waals surface area contributed by atoms with E-state index in [1.165, 1.54) is 18.2 Å². The van der Waals surface area contributed by atoms with Crippen LogP contribution < -0.4 is 5.32 Å². The zero-order valence-corrected chi connectivity index (χ0v) is 11.2. The lowest BCUT2D eigenvalue weighted by molar-refractivity contribution is 0.102. The van der Waals surface area contributed by atoms with Gasteiger partial charge in [0.15, 0.2) is 5.82 Å². The van der Waals surface area contributed by atoms with E-state index in [9.17, 15) is 9.18 Å². The molecule has 1 heterocycles. The van der Waals surface area contributed by atoms with Crippen molar-refractivity contribution < 1.29 is 9.18 Å². The highest BCUT2D eigenvalue weighted by molar-refractivity contribution is 9.10. The molecule has 0 aliphatic carbocycles. The number of hydrogen-bond acceptors (Lipinski definition) is 2. The molecule has 0 bridgehead atoms. The number of anilines is 1. The molecule has 0 aliphatic rings. The van der Waals surface area contributed by atoms with Crippen molar-refractivity contribution in [3.63, 3.8) is 0 Å². The Bertz CT molecular complexity index is 582. The molecule has 0 aliphatic heterocycles. The number of carbonyl (C=O) groups is 1. The van der Waals surface area contributed by atoms with Crippen LogP contribution in [0.4, 0.5) is 10.2 Å². The number of amides is 1. The summed E-state index contributed by atoms with van der Waals surface area (Å²) in [5.41, 5.74) is 0.363. The van der Waals surface area contributed by atoms with E-state index in [1.807, 2.05) is 6.92 Å². The van der Waals surface area contributed by atoms with Crippen molar-refractivity contribution in [1.82, 2.24) is 9.78 Å². The third-order valence-electron chi connectivity index (χ3n) is 2.38. The molecule has 2 rings (SSSR count). The van der Waals surface area contributed by atoms with E-state index in [0.717, 1.165) is 6.54 Å². The Morgan fingerprint density at radius 2 is 2.28 bits per heavy atom. The van der Waals surface area contributed by atoms with Crippen molar-refractivity contribution in [3.8, 4) is 0 Å². The molecule has 94 valence electrons. The van der Waals surface area contributed by atoms with Crippen LogP contribution in [0, 0.1) is 5.82 Å². The van der Waals surface area contributed by atoms with Crippen molar-refractivity contribution in [2.24, 2.45) is 0 Å². The molecule has 18 heavy (non-hydrogen) atoms. The molecule has 0 fully saturated rings. The quantitative estimate of drug-likeness (QED) is 0.947. The second-order valence-electron chi connectivity index (χ2n) is 3.63. The minimum absolute atomic E-state index is 0.330. The van der Waals surface area contributed by atoms with Gasteiger partial charge in [0, 0.05) is 23.3 Å². The molecule has 1 N–H and O–H groups in total. The first kappa shape index (κ1) is 12.8. The van der Waals surface area contributed by atoms with Gasteiger partial charge < -0.3 is 5.32 Å². The van der Waals surface area contributed by atoms with Crippen molar-refractivity contribution in [2.75, 3.05) is 5.32 Å². The minimum Gasteiger partial charge on any atom is -0.305 e. The lowest BCUT2D eigenvalue weighted by Crippen LogP contribution is -2.13. The van der Waals surface area contributed by atoms with Gasteiger partial charge in [-0.15, -0.1) is 0 Å². The molecule has 1 aromatic carbocycles. The van der Waals surface area contributed by atoms with E-state index in [2.05, 4.69) is 26.3 Å². The maximum atomic E-state index is 12.9. The number of halogens is 2. The van der Waals surface area contributed by atoms with Gasteiger partial charge >= 0.3 is 0 Å². The molecule has 0 saturated carbocycles. The molecule has 0 radical (unpaired) electrons. The average molecular weight is 312 g/mol. The highest BCUT2D eigenvalue weighted by atomic mass is 79.9. The van der Waals surface area contributed by atoms with Crippen LogP contribution in [0.1, 0.15) is 17.3 Å². The maximum Gasteiger partial charge on any atom is 0.258 e. The van der Waals surface area contributed by atoms with E-state index in [1.54, 1.807) is 16.9 Å². The molecule has 0 spiro atoms. The van der Waals surface area contributed by atoms with Gasteiger partial charge in [-0.3, -0.25) is 9.48 Å². The van der Waals surface area contributed by atoms with Crippen molar-refractivity contribution in [2.45, 2.75) is 13.5 Å². The molecular formula is C12H11BrFN3O. The van der Waals surface area contributed by atoms with Gasteiger partial charge in [-0.25, -0.2) is 4.39 Å². The van der Waals surface area contributed by atoms with Crippen molar-refractivity contribution in [3.05, 3.63) is 46.3 Å². The van der Waals surface area contributed by atoms with Gasteiger partial charge in [-0.05, 0) is 41.1 Å². The topological polar surface area (TPSA) is 46.9 Å². The predicted octanol–water partition coefficient (Wildman–Crippen LogP) is 3.06. The van der Waals surface area contributed by atoms with E-state index in [4.69, 9.17) is 0 Å². The van der Waals surface area contributed by atoms with Gasteiger partial charge in [0.25, 0.3) is 5.91 Å². The van der Waals surface area contributed by atoms with Gasteiger partial charge in [0.2, 0.25) is 0 Å². The van der Waals surface area contributed by atoms with Crippen LogP contribution in [-0.2, 0) is 6.54 Å². The number of rotatable bonds is 3. The molecular weight excluding hydrogens is 301 g/mol. The van der Waals surface area contributed by atoms with Crippen LogP contribution in [0.2, 0.25) is 0 Å². The summed E-state index contributed by atoms with van der Waals surface area (Å²) in [5, 5.41) is 6.79. The number of hydrogen-bond donors (Lipinski definition) is 1. The Labute approximate surface area is 112 Å². The summed E-state index contributed by atoms with van der Waals surface area (Å²) in [7, 11) is 0. The molecule has 0 saturated heterocycles. The molecule has 0 unspecified atom stereocenters. The van der Waals surface area contributed by atoms with Crippen LogP contribution in [0.3, 0.4) is 0 Å². The summed E-state index contributed by atoms with van der Waals surface area (Å²) in [5.74, 6) is -0.255. The number of benzene rings is 1. The average Bonchev–Trinajstić information content (AvgIpc) is 2.76. The zero-order chi connectivity index (χ0) is 13.1. The van der Waals surface area contributed by atoms with Crippen LogP contribution >= 0.6 is 15.9 Å². The summed E-state index contributed by atoms with van der Waals surface area (Å²) < 4.78 is 15.0. The van der Waals surface area contributed by atoms with Gasteiger partial charge in [0.05, 0.1) is 5.56 Å². The molecule has 2 aromatic rings. The fourth-order valence-corrected chi connectivity index (χ4v) is 1.99. The van der Waals surface area contributed by atoms with Gasteiger partial charge in [-0.1, -0.05) is 0 Å². The third-order valence-corrected chi connectivity index (χ3v) is 3.04. The molecule has 4 nitrogen and oxygen atoms in total. The highest BCUT2D eigenvalue weighted by Gasteiger charge is 2.12. The normalized spacial score (nSPS) is 10.4. The Kier molecular flexibility index (Phi) is 3.76. The SMILES string of the molecule is CCn1ccc(NC(=O)c2ccc(F)cc2Br)n1. The summed E-state index contributed by atoms with van der Waals surface area (Å²) in [6.45, 7) is 2.69. The van der Waals surface area contributed by atoms with E-state index < -0.39 is 5.82 Å². The van der Waals surface area contributed by atoms with E-state index >= 15 is 0 Å². The Morgan fingerprint density at radius 1 is 1.50 bits per heavy atom. The van der Waals surface area contributed by atoms with Gasteiger partial charge in [-0.2, -0.15) is 5.10 Å². The second-order valence-corrected chi connectivity index (χ2v) is 4.49. The highest BCUT2D eigenvalue weighted by Crippen LogP contribution is 2.19. The summed E-state index contributed by atoms with van der Waals surface area (Å²) >= 11 is 3.15. The standard InChI is InChI=1S/C12H11BrFN3O/c1-2-17-6-5-11(16-17)15-12(18)9-4-3-8(14)7-10(9)13/h3-7H,2H2,1H3,(H,15,16,18). The van der Waals surface area contributed by atoms with E-state index in [-0.39, 0.29) is 5.91 Å². The number of nitrogens with one attached hydrogen (secondary N) is 1. The first-order chi connectivity index (χ1) is 8.60. The second kappa shape index (κ2) is 5.30. The first-order valence-corrected chi connectivity index (χ1v) is 6.19. The van der Waals surface area contributed by atoms with Crippen LogP contribution in [0.25, 0.3) is 0 Å². The Morgan fingerprint density at radius 3 is 2.89 bits per heavy atom. The Balaban J connectivity index is 2.16. The molecule has 0 atom stereocenters. The number of aryl methyl sites for hydroxylation is 1. The summed E-state index contributed by atoms with van der Waals surface area (Å²) in [6, 6.07) is 5.62. The summed E-state index contributed by atoms with van der Waals surface area (Å²) in [6.07, 6.45) is 1.77. The summed E-state index contributed by atoms with van der Waals surface area (Å²) in [4.78, 5) is 11.9. The van der Waals surface area contributed by atoms with Crippen LogP contribution in [0.15, 0.2) is 34.9 Å². The Hall–Kier alpha value is -1.69. The fraction of sp³-hybridized carbons (Fsp3) is 0.167. The first-order valence-electron chi connectivity index (χ1n) is 5.40. The molecule has 1 aromatic heterocycles. The lowest BCUT2D eigenvalue weighted by Gasteiger charge is -2.04. The van der Waals surface area contributed by atoms with Gasteiger partial charge in [0.1, 0.15) is 5.82 Å². The lowest BCUT2D eigenvalue weighted by atomic mass is 10.2. The minimum atomic E-state index is -0.395. The zero-order valence-electron chi connectivity index (χ0n) is 9.65. The number of aromatic nitrogens is 2.